The minimum Gasteiger partial charge on any atom is -0.547 e. The van der Waals surface area contributed by atoms with E-state index in [2.05, 4.69) is 0 Å². The highest BCUT2D eigenvalue weighted by atomic mass is 16.7. The van der Waals surface area contributed by atoms with E-state index < -0.39 is 261 Å². The van der Waals surface area contributed by atoms with Crippen LogP contribution >= 0.6 is 0 Å². The summed E-state index contributed by atoms with van der Waals surface area (Å²) < 4.78 is 68.6. The average Bonchev–Trinajstić information content (AvgIpc) is 3.43. The SMILES string of the molecule is CC1OC(CO)C(O)[C@@H](O)C1COCC1OC(CO)C(COCC2OC(C(=O)[O-])C(COCC3OC4COC5OC(COCC6OC(CO)C(O)[C@H](O)C6O)C(O)[C@H](O)C5OC[C@H](C3O)C4O)[C@H](O)C2O)[C@H](O)C1O. The Bertz CT molecular complexity index is 1740. The van der Waals surface area contributed by atoms with Gasteiger partial charge < -0.3 is 148 Å². The second-order valence-electron chi connectivity index (χ2n) is 20.3. The normalized spacial score (nSPS) is 49.8. The Morgan fingerprint density at radius 2 is 0.840 bits per heavy atom. The molecule has 7 rings (SSSR count). The second-order valence-corrected chi connectivity index (χ2v) is 20.3. The highest BCUT2D eigenvalue weighted by Gasteiger charge is 2.53. The Kier molecular flexibility index (Phi) is 22.1. The fourth-order valence-corrected chi connectivity index (χ4v) is 10.7. The van der Waals surface area contributed by atoms with Crippen molar-refractivity contribution in [3.8, 4) is 0 Å². The van der Waals surface area contributed by atoms with Crippen LogP contribution in [0.3, 0.4) is 0 Å². The number of hydrogen-bond donors (Lipinski definition) is 16. The Balaban J connectivity index is 0.867. The zero-order valence-electron chi connectivity index (χ0n) is 40.9. The maximum absolute atomic E-state index is 12.4. The third kappa shape index (κ3) is 13.6. The standard InChI is InChI=1S/C45H76O30/c1-15-16(31(51)34(54)21(3-47)70-15)5-64-10-24-36(56)32(52)17(20(2-46)71-24)6-65-12-26-37(57)33(53)19(42(74-26)44(62)63)7-66-9-23-29(49)18-8-68-43-41(61)39(59)27(75-45(43)69-14-28(73-23)30(18)50)13-67-11-25-38(58)40(60)35(55)22(4-48)72-25/h15-43,45-61H,2-14H2,1H3,(H,62,63)/p-1/t15?,16?,17?,18-,19?,20?,21?,22?,23?,24?,25?,26?,27?,28?,29?,30?,31+,32+,33+,34?,35?,36?,37?,38?,39?,40+,41+,42?,43?,45?/m1/s1. The molecular formula is C45H75O30-. The summed E-state index contributed by atoms with van der Waals surface area (Å²) in [6, 6.07) is 0. The van der Waals surface area contributed by atoms with Crippen LogP contribution in [0.2, 0.25) is 0 Å². The van der Waals surface area contributed by atoms with Crippen molar-refractivity contribution >= 4 is 5.97 Å². The molecule has 0 amide bonds. The van der Waals surface area contributed by atoms with Crippen molar-refractivity contribution in [2.75, 3.05) is 85.9 Å². The summed E-state index contributed by atoms with van der Waals surface area (Å²) in [5.41, 5.74) is 0. The van der Waals surface area contributed by atoms with Crippen molar-refractivity contribution in [2.45, 2.75) is 166 Å². The Hall–Kier alpha value is -1.65. The first kappa shape index (κ1) is 61.0. The number of carboxylic acids is 1. The van der Waals surface area contributed by atoms with Crippen molar-refractivity contribution in [1.82, 2.24) is 0 Å². The molecule has 7 aliphatic rings. The summed E-state index contributed by atoms with van der Waals surface area (Å²) in [5.74, 6) is -6.15. The van der Waals surface area contributed by atoms with Gasteiger partial charge in [0.15, 0.2) is 6.29 Å². The summed E-state index contributed by atoms with van der Waals surface area (Å²) in [6.45, 7) is -4.39. The van der Waals surface area contributed by atoms with E-state index in [0.29, 0.717) is 0 Å². The largest absolute Gasteiger partial charge is 0.547 e. The monoisotopic (exact) mass is 1100 g/mol. The van der Waals surface area contributed by atoms with Crippen LogP contribution in [0.15, 0.2) is 0 Å². The van der Waals surface area contributed by atoms with Gasteiger partial charge in [-0.15, -0.1) is 0 Å². The zero-order valence-corrected chi connectivity index (χ0v) is 40.9. The molecule has 2 bridgehead atoms. The summed E-state index contributed by atoms with van der Waals surface area (Å²) in [7, 11) is 0. The van der Waals surface area contributed by atoms with Crippen LogP contribution in [0.25, 0.3) is 0 Å². The van der Waals surface area contributed by atoms with Gasteiger partial charge in [-0.2, -0.15) is 0 Å². The lowest BCUT2D eigenvalue weighted by Gasteiger charge is -2.45. The van der Waals surface area contributed by atoms with Gasteiger partial charge in [0.05, 0.1) is 135 Å². The Labute approximate surface area is 429 Å². The Morgan fingerprint density at radius 1 is 0.413 bits per heavy atom. The number of carboxylic acid groups (broad SMARTS) is 1. The molecule has 436 valence electrons. The molecule has 30 nitrogen and oxygen atoms in total. The molecule has 30 atom stereocenters. The zero-order chi connectivity index (χ0) is 54.6. The lowest BCUT2D eigenvalue weighted by Crippen LogP contribution is -2.62. The second kappa shape index (κ2) is 27.2. The van der Waals surface area contributed by atoms with Crippen molar-refractivity contribution in [3.63, 3.8) is 0 Å². The molecule has 7 aliphatic heterocycles. The fourth-order valence-electron chi connectivity index (χ4n) is 10.7. The van der Waals surface area contributed by atoms with Gasteiger partial charge in [-0.3, -0.25) is 0 Å². The van der Waals surface area contributed by atoms with Gasteiger partial charge in [0.1, 0.15) is 110 Å². The number of fused-ring (bicyclic) bond motifs is 3. The van der Waals surface area contributed by atoms with E-state index in [-0.39, 0.29) is 13.2 Å². The van der Waals surface area contributed by atoms with E-state index in [4.69, 9.17) is 56.8 Å². The molecule has 7 saturated heterocycles. The summed E-state index contributed by atoms with van der Waals surface area (Å²) >= 11 is 0. The van der Waals surface area contributed by atoms with Crippen LogP contribution in [-0.4, -0.2) is 332 Å². The number of aliphatic hydroxyl groups excluding tert-OH is 16. The van der Waals surface area contributed by atoms with Crippen LogP contribution < -0.4 is 5.11 Å². The first-order chi connectivity index (χ1) is 35.7. The number of rotatable bonds is 20. The third-order valence-electron chi connectivity index (χ3n) is 15.5. The summed E-state index contributed by atoms with van der Waals surface area (Å²) in [4.78, 5) is 12.4. The predicted molar refractivity (Wildman–Crippen MR) is 235 cm³/mol. The topological polar surface area (TPSA) is 475 Å². The molecule has 24 unspecified atom stereocenters. The van der Waals surface area contributed by atoms with E-state index in [1.165, 1.54) is 0 Å². The van der Waals surface area contributed by atoms with Crippen LogP contribution in [0, 0.1) is 23.7 Å². The Morgan fingerprint density at radius 3 is 1.43 bits per heavy atom. The quantitative estimate of drug-likeness (QED) is 0.0538. The lowest BCUT2D eigenvalue weighted by atomic mass is 9.86. The van der Waals surface area contributed by atoms with E-state index in [0.717, 1.165) is 0 Å². The van der Waals surface area contributed by atoms with Gasteiger partial charge in [-0.25, -0.2) is 0 Å². The van der Waals surface area contributed by atoms with Crippen molar-refractivity contribution in [3.05, 3.63) is 0 Å². The molecule has 75 heavy (non-hydrogen) atoms. The number of aliphatic carboxylic acids is 1. The molecule has 16 N–H and O–H groups in total. The maximum atomic E-state index is 12.4. The van der Waals surface area contributed by atoms with Crippen molar-refractivity contribution in [2.24, 2.45) is 23.7 Å². The van der Waals surface area contributed by atoms with Gasteiger partial charge in [-0.1, -0.05) is 0 Å². The highest BCUT2D eigenvalue weighted by Crippen LogP contribution is 2.35. The molecular weight excluding hydrogens is 1020 g/mol. The molecule has 0 radical (unpaired) electrons. The van der Waals surface area contributed by atoms with Crippen molar-refractivity contribution < 1.29 is 148 Å². The van der Waals surface area contributed by atoms with Crippen molar-refractivity contribution in [1.29, 1.82) is 0 Å². The van der Waals surface area contributed by atoms with Gasteiger partial charge >= 0.3 is 0 Å². The minimum atomic E-state index is -1.89. The van der Waals surface area contributed by atoms with Crippen LogP contribution in [0.4, 0.5) is 0 Å². The average molecular weight is 1100 g/mol. The number of ether oxygens (including phenoxy) is 12. The fraction of sp³-hybridized carbons (Fsp3) is 0.978. The van der Waals surface area contributed by atoms with Gasteiger partial charge in [0.2, 0.25) is 0 Å². The van der Waals surface area contributed by atoms with E-state index in [1.807, 2.05) is 0 Å². The molecule has 7 fully saturated rings. The van der Waals surface area contributed by atoms with E-state index >= 15 is 0 Å². The highest BCUT2D eigenvalue weighted by molar-refractivity contribution is 5.70. The summed E-state index contributed by atoms with van der Waals surface area (Å²) in [6.07, 6.45) is -36.6. The predicted octanol–water partition coefficient (Wildman–Crippen LogP) is -12.1. The number of aliphatic hydroxyl groups is 16. The molecule has 0 saturated carbocycles. The molecule has 7 heterocycles. The van der Waals surface area contributed by atoms with Gasteiger partial charge in [0.25, 0.3) is 0 Å². The first-order valence-electron chi connectivity index (χ1n) is 25.1. The van der Waals surface area contributed by atoms with Crippen LogP contribution in [0.1, 0.15) is 6.92 Å². The van der Waals surface area contributed by atoms with E-state index in [9.17, 15) is 91.6 Å². The molecule has 30 heteroatoms. The lowest BCUT2D eigenvalue weighted by molar-refractivity contribution is -0.332. The molecule has 0 spiro atoms. The van der Waals surface area contributed by atoms with Gasteiger partial charge in [-0.05, 0) is 6.92 Å². The van der Waals surface area contributed by atoms with Gasteiger partial charge in [0, 0.05) is 23.7 Å². The summed E-state index contributed by atoms with van der Waals surface area (Å²) in [5, 5.41) is 181. The minimum absolute atomic E-state index is 0.161. The number of carbonyl (C=O) groups is 1. The molecule has 0 aromatic rings. The third-order valence-corrected chi connectivity index (χ3v) is 15.5. The number of carbonyl (C=O) groups excluding carboxylic acids is 1. The number of hydrogen-bond acceptors (Lipinski definition) is 30. The smallest absolute Gasteiger partial charge is 0.187 e. The molecule has 0 aliphatic carbocycles. The van der Waals surface area contributed by atoms with Crippen LogP contribution in [0.5, 0.6) is 0 Å². The first-order valence-corrected chi connectivity index (χ1v) is 25.1. The van der Waals surface area contributed by atoms with E-state index in [1.54, 1.807) is 6.92 Å². The maximum Gasteiger partial charge on any atom is 0.187 e. The molecule has 0 aromatic carbocycles. The molecule has 0 aromatic heterocycles. The van der Waals surface area contributed by atoms with Crippen LogP contribution in [-0.2, 0) is 61.6 Å².